The van der Waals surface area contributed by atoms with Gasteiger partial charge in [-0.3, -0.25) is 18.6 Å². The van der Waals surface area contributed by atoms with Gasteiger partial charge in [-0.05, 0) is 12.8 Å². The highest BCUT2D eigenvalue weighted by Gasteiger charge is 2.27. The van der Waals surface area contributed by atoms with Crippen LogP contribution in [0.2, 0.25) is 0 Å². The number of carbonyl (C=O) groups excluding carboxylic acids is 2. The molecular weight excluding hydrogens is 533 g/mol. The highest BCUT2D eigenvalue weighted by Crippen LogP contribution is 2.43. The van der Waals surface area contributed by atoms with Crippen molar-refractivity contribution in [2.75, 3.05) is 47.5 Å². The molecule has 0 spiro atoms. The van der Waals surface area contributed by atoms with Gasteiger partial charge >= 0.3 is 19.8 Å². The van der Waals surface area contributed by atoms with Crippen LogP contribution in [-0.2, 0) is 32.7 Å². The Morgan fingerprint density at radius 1 is 0.675 bits per heavy atom. The molecule has 0 amide bonds. The van der Waals surface area contributed by atoms with Crippen molar-refractivity contribution < 1.29 is 42.1 Å². The summed E-state index contributed by atoms with van der Waals surface area (Å²) in [4.78, 5) is 34.5. The zero-order valence-electron chi connectivity index (χ0n) is 26.3. The molecule has 0 aromatic rings. The van der Waals surface area contributed by atoms with Crippen LogP contribution in [0, 0.1) is 0 Å². The van der Waals surface area contributed by atoms with Gasteiger partial charge in [0, 0.05) is 12.8 Å². The number of phosphoric ester groups is 1. The monoisotopic (exact) mass is 594 g/mol. The molecule has 0 heterocycles. The fraction of sp³-hybridized carbons (Fsp3) is 0.933. The fourth-order valence-corrected chi connectivity index (χ4v) is 4.81. The molecule has 238 valence electrons. The largest absolute Gasteiger partial charge is 0.472 e. The van der Waals surface area contributed by atoms with Crippen molar-refractivity contribution in [3.05, 3.63) is 0 Å². The van der Waals surface area contributed by atoms with Gasteiger partial charge in [0.25, 0.3) is 0 Å². The minimum absolute atomic E-state index is 0.0349. The molecular formula is C30H61NO8P+. The van der Waals surface area contributed by atoms with E-state index in [0.29, 0.717) is 17.4 Å². The number of nitrogens with zero attached hydrogens (tertiary/aromatic N) is 1. The highest BCUT2D eigenvalue weighted by molar-refractivity contribution is 7.47. The molecule has 9 nitrogen and oxygen atoms in total. The molecule has 0 radical (unpaired) electrons. The number of phosphoric acid groups is 1. The van der Waals surface area contributed by atoms with Gasteiger partial charge < -0.3 is 18.9 Å². The normalized spacial score (nSPS) is 14.1. The van der Waals surface area contributed by atoms with Crippen molar-refractivity contribution in [3.63, 3.8) is 0 Å². The first kappa shape index (κ1) is 39.0. The van der Waals surface area contributed by atoms with E-state index in [1.807, 2.05) is 28.1 Å². The molecule has 0 rings (SSSR count). The van der Waals surface area contributed by atoms with E-state index in [1.54, 1.807) is 0 Å². The van der Waals surface area contributed by atoms with E-state index < -0.39 is 32.5 Å². The quantitative estimate of drug-likeness (QED) is 0.0434. The summed E-state index contributed by atoms with van der Waals surface area (Å²) < 4.78 is 33.6. The Kier molecular flexibility index (Phi) is 24.0. The first-order chi connectivity index (χ1) is 19.0. The zero-order valence-corrected chi connectivity index (χ0v) is 27.2. The number of carbonyl (C=O) groups is 2. The second kappa shape index (κ2) is 24.6. The Morgan fingerprint density at radius 3 is 1.65 bits per heavy atom. The molecule has 0 aromatic heterocycles. The first-order valence-electron chi connectivity index (χ1n) is 15.8. The Balaban J connectivity index is 4.34. The number of likely N-dealkylation sites (N-methyl/N-ethyl adjacent to an activating group) is 1. The summed E-state index contributed by atoms with van der Waals surface area (Å²) >= 11 is 0. The molecule has 0 aromatic carbocycles. The number of esters is 2. The average Bonchev–Trinajstić information content (AvgIpc) is 2.87. The Morgan fingerprint density at radius 2 is 1.12 bits per heavy atom. The number of unbranched alkanes of at least 4 members (excludes halogenated alkanes) is 14. The van der Waals surface area contributed by atoms with Crippen LogP contribution >= 0.6 is 7.82 Å². The Hall–Kier alpha value is -0.990. The zero-order chi connectivity index (χ0) is 30.1. The summed E-state index contributed by atoms with van der Waals surface area (Å²) in [7, 11) is 1.48. The SMILES string of the molecule is CCCCCCCCCCCCCCCC(=O)O[C@H](COC(=O)CCCCC)COP(=O)(O)OCC[N+](C)(C)C. The maximum absolute atomic E-state index is 12.4. The number of rotatable bonds is 28. The molecule has 2 atom stereocenters. The highest BCUT2D eigenvalue weighted by atomic mass is 31.2. The topological polar surface area (TPSA) is 108 Å². The fourth-order valence-electron chi connectivity index (χ4n) is 4.07. The van der Waals surface area contributed by atoms with E-state index >= 15 is 0 Å². The Labute approximate surface area is 244 Å². The molecule has 0 bridgehead atoms. The van der Waals surface area contributed by atoms with Crippen molar-refractivity contribution in [2.45, 2.75) is 136 Å². The van der Waals surface area contributed by atoms with Gasteiger partial charge in [0.05, 0.1) is 27.7 Å². The average molecular weight is 595 g/mol. The second-order valence-corrected chi connectivity index (χ2v) is 13.3. The maximum Gasteiger partial charge on any atom is 0.472 e. The van der Waals surface area contributed by atoms with Gasteiger partial charge in [-0.25, -0.2) is 4.57 Å². The van der Waals surface area contributed by atoms with Crippen LogP contribution in [0.25, 0.3) is 0 Å². The van der Waals surface area contributed by atoms with E-state index in [9.17, 15) is 19.0 Å². The summed E-state index contributed by atoms with van der Waals surface area (Å²) in [5.41, 5.74) is 0. The summed E-state index contributed by atoms with van der Waals surface area (Å²) in [6.07, 6.45) is 18.0. The van der Waals surface area contributed by atoms with Crippen LogP contribution in [0.4, 0.5) is 0 Å². The molecule has 0 aliphatic heterocycles. The molecule has 0 aliphatic carbocycles. The van der Waals surface area contributed by atoms with Crippen molar-refractivity contribution in [2.24, 2.45) is 0 Å². The lowest BCUT2D eigenvalue weighted by Gasteiger charge is -2.24. The summed E-state index contributed by atoms with van der Waals surface area (Å²) in [6.45, 7) is 4.21. The van der Waals surface area contributed by atoms with Gasteiger partial charge in [-0.1, -0.05) is 104 Å². The predicted molar refractivity (Wildman–Crippen MR) is 160 cm³/mol. The summed E-state index contributed by atoms with van der Waals surface area (Å²) in [6, 6.07) is 0. The molecule has 10 heteroatoms. The summed E-state index contributed by atoms with van der Waals surface area (Å²) in [5, 5.41) is 0. The van der Waals surface area contributed by atoms with Crippen LogP contribution in [0.3, 0.4) is 0 Å². The lowest BCUT2D eigenvalue weighted by molar-refractivity contribution is -0.870. The van der Waals surface area contributed by atoms with E-state index in [4.69, 9.17) is 18.5 Å². The van der Waals surface area contributed by atoms with E-state index in [0.717, 1.165) is 32.1 Å². The summed E-state index contributed by atoms with van der Waals surface area (Å²) in [5.74, 6) is -0.824. The molecule has 1 unspecified atom stereocenters. The van der Waals surface area contributed by atoms with Crippen LogP contribution < -0.4 is 0 Å². The smallest absolute Gasteiger partial charge is 0.462 e. The van der Waals surface area contributed by atoms with Crippen LogP contribution in [0.15, 0.2) is 0 Å². The van der Waals surface area contributed by atoms with E-state index in [-0.39, 0.29) is 26.1 Å². The van der Waals surface area contributed by atoms with Crippen molar-refractivity contribution in [1.29, 1.82) is 0 Å². The Bertz CT molecular complexity index is 683. The van der Waals surface area contributed by atoms with Crippen LogP contribution in [-0.4, -0.2) is 74.9 Å². The first-order valence-corrected chi connectivity index (χ1v) is 17.3. The number of quaternary nitrogens is 1. The standard InChI is InChI=1S/C30H60NO8P/c1-6-8-10-11-12-13-14-15-16-17-18-19-21-23-30(33)39-28(26-36-29(32)22-20-9-7-2)27-38-40(34,35)37-25-24-31(3,4)5/h28H,6-27H2,1-5H3/p+1/t28-/m1/s1. The molecule has 1 N–H and O–H groups in total. The van der Waals surface area contributed by atoms with Crippen molar-refractivity contribution >= 4 is 19.8 Å². The van der Waals surface area contributed by atoms with Gasteiger partial charge in [0.15, 0.2) is 6.10 Å². The number of ether oxygens (including phenoxy) is 2. The van der Waals surface area contributed by atoms with Crippen LogP contribution in [0.1, 0.15) is 129 Å². The van der Waals surface area contributed by atoms with Crippen LogP contribution in [0.5, 0.6) is 0 Å². The van der Waals surface area contributed by atoms with E-state index in [2.05, 4.69) is 6.92 Å². The minimum Gasteiger partial charge on any atom is -0.462 e. The third-order valence-electron chi connectivity index (χ3n) is 6.64. The van der Waals surface area contributed by atoms with E-state index in [1.165, 1.54) is 64.2 Å². The number of hydrogen-bond donors (Lipinski definition) is 1. The maximum atomic E-state index is 12.4. The lowest BCUT2D eigenvalue weighted by Crippen LogP contribution is -2.37. The molecule has 0 saturated carbocycles. The minimum atomic E-state index is -4.34. The van der Waals surface area contributed by atoms with Gasteiger partial charge in [0.2, 0.25) is 0 Å². The third kappa shape index (κ3) is 27.2. The van der Waals surface area contributed by atoms with Gasteiger partial charge in [-0.2, -0.15) is 0 Å². The number of hydrogen-bond acceptors (Lipinski definition) is 7. The second-order valence-electron chi connectivity index (χ2n) is 11.9. The van der Waals surface area contributed by atoms with Crippen molar-refractivity contribution in [3.8, 4) is 0 Å². The molecule has 0 fully saturated rings. The molecule has 0 saturated heterocycles. The molecule has 0 aliphatic rings. The molecule has 40 heavy (non-hydrogen) atoms. The van der Waals surface area contributed by atoms with Gasteiger partial charge in [-0.15, -0.1) is 0 Å². The predicted octanol–water partition coefficient (Wildman–Crippen LogP) is 7.34. The third-order valence-corrected chi connectivity index (χ3v) is 7.62. The van der Waals surface area contributed by atoms with Gasteiger partial charge in [0.1, 0.15) is 19.8 Å². The lowest BCUT2D eigenvalue weighted by atomic mass is 10.0. The van der Waals surface area contributed by atoms with Crippen molar-refractivity contribution in [1.82, 2.24) is 0 Å².